The maximum absolute atomic E-state index is 12.8. The van der Waals surface area contributed by atoms with Crippen LogP contribution in [0.5, 0.6) is 0 Å². The number of amides is 1. The number of carbonyl (C=O) groups excluding carboxylic acids is 1. The largest absolute Gasteiger partial charge is 0.334 e. The van der Waals surface area contributed by atoms with E-state index in [2.05, 4.69) is 4.98 Å². The first-order chi connectivity index (χ1) is 12.6. The van der Waals surface area contributed by atoms with Crippen molar-refractivity contribution in [1.82, 2.24) is 14.2 Å². The summed E-state index contributed by atoms with van der Waals surface area (Å²) >= 11 is 0. The first-order valence-corrected chi connectivity index (χ1v) is 10.3. The number of rotatable bonds is 3. The van der Waals surface area contributed by atoms with Crippen LogP contribution in [0.3, 0.4) is 0 Å². The van der Waals surface area contributed by atoms with E-state index in [0.717, 1.165) is 30.4 Å². The minimum atomic E-state index is -3.44. The van der Waals surface area contributed by atoms with Gasteiger partial charge in [-0.2, -0.15) is 4.31 Å². The van der Waals surface area contributed by atoms with Crippen molar-refractivity contribution in [3.05, 3.63) is 59.4 Å². The summed E-state index contributed by atoms with van der Waals surface area (Å²) in [6.07, 6.45) is 5.75. The van der Waals surface area contributed by atoms with Gasteiger partial charge >= 0.3 is 0 Å². The van der Waals surface area contributed by atoms with Crippen molar-refractivity contribution in [3.8, 4) is 0 Å². The Bertz CT molecular complexity index is 922. The first kappa shape index (κ1) is 17.2. The molecule has 1 amide bonds. The van der Waals surface area contributed by atoms with Gasteiger partial charge in [0.2, 0.25) is 10.0 Å². The lowest BCUT2D eigenvalue weighted by Gasteiger charge is -2.29. The van der Waals surface area contributed by atoms with Gasteiger partial charge in [-0.3, -0.25) is 9.78 Å². The molecule has 6 nitrogen and oxygen atoms in total. The van der Waals surface area contributed by atoms with Gasteiger partial charge < -0.3 is 4.90 Å². The van der Waals surface area contributed by atoms with E-state index in [-0.39, 0.29) is 5.91 Å². The van der Waals surface area contributed by atoms with Crippen LogP contribution < -0.4 is 0 Å². The standard InChI is InChI=1S/C19H21N3O3S/c23-19(16-4-3-8-20-13-16)21-11-7-15-5-6-18(12-17(15)14-21)26(24,25)22-9-1-2-10-22/h3-6,8,12-13H,1-2,7,9-11,14H2. The maximum atomic E-state index is 12.8. The Morgan fingerprint density at radius 3 is 2.58 bits per heavy atom. The molecule has 136 valence electrons. The highest BCUT2D eigenvalue weighted by Gasteiger charge is 2.29. The number of benzene rings is 1. The van der Waals surface area contributed by atoms with Gasteiger partial charge in [0, 0.05) is 38.6 Å². The average Bonchev–Trinajstić information content (AvgIpc) is 3.23. The van der Waals surface area contributed by atoms with Gasteiger partial charge in [0.1, 0.15) is 0 Å². The van der Waals surface area contributed by atoms with Gasteiger partial charge in [-0.1, -0.05) is 6.07 Å². The molecule has 0 aliphatic carbocycles. The highest BCUT2D eigenvalue weighted by atomic mass is 32.2. The predicted molar refractivity (Wildman–Crippen MR) is 97.1 cm³/mol. The number of hydrogen-bond donors (Lipinski definition) is 0. The van der Waals surface area contributed by atoms with E-state index in [0.29, 0.717) is 36.6 Å². The van der Waals surface area contributed by atoms with E-state index in [1.165, 1.54) is 0 Å². The summed E-state index contributed by atoms with van der Waals surface area (Å²) in [5.74, 6) is -0.0726. The lowest BCUT2D eigenvalue weighted by atomic mass is 9.99. The van der Waals surface area contributed by atoms with E-state index < -0.39 is 10.0 Å². The zero-order valence-electron chi connectivity index (χ0n) is 14.5. The van der Waals surface area contributed by atoms with Crippen molar-refractivity contribution < 1.29 is 13.2 Å². The third kappa shape index (κ3) is 3.12. The van der Waals surface area contributed by atoms with Crippen LogP contribution in [0, 0.1) is 0 Å². The number of sulfonamides is 1. The highest BCUT2D eigenvalue weighted by Crippen LogP contribution is 2.26. The zero-order valence-corrected chi connectivity index (χ0v) is 15.3. The van der Waals surface area contributed by atoms with Crippen LogP contribution in [-0.2, 0) is 23.0 Å². The minimum Gasteiger partial charge on any atom is -0.334 e. The second kappa shape index (κ2) is 6.81. The molecule has 0 radical (unpaired) electrons. The molecule has 2 aliphatic heterocycles. The Labute approximate surface area is 153 Å². The lowest BCUT2D eigenvalue weighted by Crippen LogP contribution is -2.36. The fourth-order valence-electron chi connectivity index (χ4n) is 3.62. The van der Waals surface area contributed by atoms with Crippen LogP contribution in [0.4, 0.5) is 0 Å². The Morgan fingerprint density at radius 1 is 1.04 bits per heavy atom. The van der Waals surface area contributed by atoms with Crippen molar-refractivity contribution in [3.63, 3.8) is 0 Å². The minimum absolute atomic E-state index is 0.0726. The molecule has 7 heteroatoms. The summed E-state index contributed by atoms with van der Waals surface area (Å²) < 4.78 is 27.1. The molecule has 0 atom stereocenters. The summed E-state index contributed by atoms with van der Waals surface area (Å²) in [5.41, 5.74) is 2.58. The van der Waals surface area contributed by atoms with Crippen LogP contribution in [0.1, 0.15) is 34.3 Å². The van der Waals surface area contributed by atoms with Gasteiger partial charge in [-0.15, -0.1) is 0 Å². The van der Waals surface area contributed by atoms with Gasteiger partial charge in [0.05, 0.1) is 10.5 Å². The van der Waals surface area contributed by atoms with Gasteiger partial charge in [-0.05, 0) is 54.7 Å². The zero-order chi connectivity index (χ0) is 18.1. The van der Waals surface area contributed by atoms with Gasteiger partial charge in [0.15, 0.2) is 0 Å². The van der Waals surface area contributed by atoms with Crippen molar-refractivity contribution in [2.75, 3.05) is 19.6 Å². The molecule has 1 aromatic carbocycles. The molecule has 1 fully saturated rings. The van der Waals surface area contributed by atoms with E-state index >= 15 is 0 Å². The van der Waals surface area contributed by atoms with Crippen molar-refractivity contribution in [1.29, 1.82) is 0 Å². The fraction of sp³-hybridized carbons (Fsp3) is 0.368. The van der Waals surface area contributed by atoms with Crippen LogP contribution in [0.15, 0.2) is 47.6 Å². The number of hydrogen-bond acceptors (Lipinski definition) is 4. The molecular weight excluding hydrogens is 350 g/mol. The van der Waals surface area contributed by atoms with Crippen molar-refractivity contribution >= 4 is 15.9 Å². The van der Waals surface area contributed by atoms with E-state index in [4.69, 9.17) is 0 Å². The third-order valence-corrected chi connectivity index (χ3v) is 6.98. The lowest BCUT2D eigenvalue weighted by molar-refractivity contribution is 0.0734. The third-order valence-electron chi connectivity index (χ3n) is 5.09. The number of fused-ring (bicyclic) bond motifs is 1. The summed E-state index contributed by atoms with van der Waals surface area (Å²) in [7, 11) is -3.44. The van der Waals surface area contributed by atoms with Crippen LogP contribution >= 0.6 is 0 Å². The maximum Gasteiger partial charge on any atom is 0.255 e. The van der Waals surface area contributed by atoms with E-state index in [9.17, 15) is 13.2 Å². The predicted octanol–water partition coefficient (Wildman–Crippen LogP) is 2.06. The Kier molecular flexibility index (Phi) is 4.50. The molecule has 1 aromatic heterocycles. The second-order valence-corrected chi connectivity index (χ2v) is 8.70. The monoisotopic (exact) mass is 371 g/mol. The molecule has 0 bridgehead atoms. The first-order valence-electron chi connectivity index (χ1n) is 8.87. The fourth-order valence-corrected chi connectivity index (χ4v) is 5.18. The molecule has 0 saturated carbocycles. The Hall–Kier alpha value is -2.25. The number of nitrogens with zero attached hydrogens (tertiary/aromatic N) is 3. The topological polar surface area (TPSA) is 70.6 Å². The van der Waals surface area contributed by atoms with E-state index in [1.54, 1.807) is 45.9 Å². The van der Waals surface area contributed by atoms with E-state index in [1.807, 2.05) is 6.07 Å². The van der Waals surface area contributed by atoms with Crippen molar-refractivity contribution in [2.24, 2.45) is 0 Å². The number of carbonyl (C=O) groups is 1. The van der Waals surface area contributed by atoms with Gasteiger partial charge in [0.25, 0.3) is 5.91 Å². The quantitative estimate of drug-likeness (QED) is 0.828. The highest BCUT2D eigenvalue weighted by molar-refractivity contribution is 7.89. The SMILES string of the molecule is O=C(c1cccnc1)N1CCc2ccc(S(=O)(=O)N3CCCC3)cc2C1. The summed E-state index contributed by atoms with van der Waals surface area (Å²) in [4.78, 5) is 18.7. The number of pyridine rings is 1. The summed E-state index contributed by atoms with van der Waals surface area (Å²) in [5, 5.41) is 0. The molecule has 26 heavy (non-hydrogen) atoms. The smallest absolute Gasteiger partial charge is 0.255 e. The van der Waals surface area contributed by atoms with Crippen LogP contribution in [-0.4, -0.2) is 48.1 Å². The molecule has 2 aliphatic rings. The Morgan fingerprint density at radius 2 is 1.85 bits per heavy atom. The van der Waals surface area contributed by atoms with Crippen LogP contribution in [0.2, 0.25) is 0 Å². The molecule has 3 heterocycles. The molecule has 0 unspecified atom stereocenters. The Balaban J connectivity index is 1.59. The molecule has 1 saturated heterocycles. The van der Waals surface area contributed by atoms with Crippen molar-refractivity contribution in [2.45, 2.75) is 30.7 Å². The molecule has 0 spiro atoms. The number of aromatic nitrogens is 1. The molecule has 0 N–H and O–H groups in total. The summed E-state index contributed by atoms with van der Waals surface area (Å²) in [6.45, 7) is 2.22. The normalized spacial score (nSPS) is 17.9. The molecule has 2 aromatic rings. The van der Waals surface area contributed by atoms with Crippen LogP contribution in [0.25, 0.3) is 0 Å². The molecule has 4 rings (SSSR count). The van der Waals surface area contributed by atoms with Gasteiger partial charge in [-0.25, -0.2) is 8.42 Å². The average molecular weight is 371 g/mol. The summed E-state index contributed by atoms with van der Waals surface area (Å²) in [6, 6.07) is 8.83. The second-order valence-electron chi connectivity index (χ2n) is 6.76. The molecular formula is C19H21N3O3S.